The van der Waals surface area contributed by atoms with E-state index in [9.17, 15) is 13.2 Å². The Hall–Kier alpha value is -2.09. The van der Waals surface area contributed by atoms with E-state index >= 15 is 0 Å². The molecule has 27 heavy (non-hydrogen) atoms. The van der Waals surface area contributed by atoms with Crippen molar-refractivity contribution in [2.75, 3.05) is 18.4 Å². The van der Waals surface area contributed by atoms with Crippen molar-refractivity contribution < 1.29 is 13.2 Å². The molecule has 1 saturated heterocycles. The number of nitrogens with one attached hydrogen (secondary N) is 2. The van der Waals surface area contributed by atoms with Crippen molar-refractivity contribution in [2.24, 2.45) is 0 Å². The summed E-state index contributed by atoms with van der Waals surface area (Å²) in [7, 11) is -3.58. The number of nitrogens with zero attached hydrogens (tertiary/aromatic N) is 1. The predicted molar refractivity (Wildman–Crippen MR) is 104 cm³/mol. The van der Waals surface area contributed by atoms with E-state index in [2.05, 4.69) is 10.6 Å². The van der Waals surface area contributed by atoms with E-state index in [0.29, 0.717) is 36.5 Å². The third-order valence-electron chi connectivity index (χ3n) is 5.26. The van der Waals surface area contributed by atoms with Gasteiger partial charge in [-0.1, -0.05) is 23.7 Å². The van der Waals surface area contributed by atoms with Crippen LogP contribution in [0.15, 0.2) is 47.4 Å². The number of carbonyl (C=O) groups excluding carboxylic acids is 1. The second-order valence-electron chi connectivity index (χ2n) is 7.02. The second kappa shape index (κ2) is 6.51. The summed E-state index contributed by atoms with van der Waals surface area (Å²) < 4.78 is 27.2. The van der Waals surface area contributed by atoms with Crippen LogP contribution in [0.1, 0.15) is 28.8 Å². The van der Waals surface area contributed by atoms with E-state index in [1.165, 1.54) is 16.4 Å². The van der Waals surface area contributed by atoms with Crippen LogP contribution in [-0.2, 0) is 10.0 Å². The molecule has 0 saturated carbocycles. The fourth-order valence-electron chi connectivity index (χ4n) is 3.69. The number of benzene rings is 2. The van der Waals surface area contributed by atoms with Crippen molar-refractivity contribution in [3.63, 3.8) is 0 Å². The van der Waals surface area contributed by atoms with Crippen LogP contribution in [0.5, 0.6) is 0 Å². The molecule has 0 aromatic heterocycles. The number of halogens is 1. The third-order valence-corrected chi connectivity index (χ3v) is 7.43. The summed E-state index contributed by atoms with van der Waals surface area (Å²) >= 11 is 5.86. The molecule has 0 unspecified atom stereocenters. The van der Waals surface area contributed by atoms with Crippen molar-refractivity contribution in [3.8, 4) is 0 Å². The molecule has 1 fully saturated rings. The number of aryl methyl sites for hydroxylation is 1. The first-order chi connectivity index (χ1) is 12.8. The Morgan fingerprint density at radius 3 is 2.37 bits per heavy atom. The molecule has 4 rings (SSSR count). The van der Waals surface area contributed by atoms with Crippen LogP contribution >= 0.6 is 11.6 Å². The zero-order chi connectivity index (χ0) is 19.2. The van der Waals surface area contributed by atoms with Gasteiger partial charge in [0.1, 0.15) is 5.66 Å². The molecule has 0 aliphatic carbocycles. The lowest BCUT2D eigenvalue weighted by Gasteiger charge is -2.45. The number of sulfonamides is 1. The summed E-state index contributed by atoms with van der Waals surface area (Å²) in [5, 5.41) is 7.00. The first kappa shape index (κ1) is 18.3. The quantitative estimate of drug-likeness (QED) is 0.805. The Morgan fingerprint density at radius 1 is 1.04 bits per heavy atom. The van der Waals surface area contributed by atoms with Gasteiger partial charge in [-0.3, -0.25) is 4.79 Å². The van der Waals surface area contributed by atoms with Crippen LogP contribution in [0.3, 0.4) is 0 Å². The fourth-order valence-corrected chi connectivity index (χ4v) is 5.26. The summed E-state index contributed by atoms with van der Waals surface area (Å²) in [6.07, 6.45) is 0.971. The number of piperidine rings is 1. The Kier molecular flexibility index (Phi) is 4.41. The topological polar surface area (TPSA) is 78.5 Å². The molecule has 8 heteroatoms. The molecule has 2 aromatic rings. The zero-order valence-corrected chi connectivity index (χ0v) is 16.4. The smallest absolute Gasteiger partial charge is 0.255 e. The maximum Gasteiger partial charge on any atom is 0.255 e. The average molecular weight is 406 g/mol. The molecule has 142 valence electrons. The van der Waals surface area contributed by atoms with Gasteiger partial charge in [0.2, 0.25) is 10.0 Å². The Labute approximate surface area is 163 Å². The molecule has 2 N–H and O–H groups in total. The van der Waals surface area contributed by atoms with Gasteiger partial charge in [0, 0.05) is 31.0 Å². The highest BCUT2D eigenvalue weighted by atomic mass is 35.5. The minimum absolute atomic E-state index is 0.124. The molecule has 0 atom stereocenters. The zero-order valence-electron chi connectivity index (χ0n) is 14.8. The van der Waals surface area contributed by atoms with Crippen molar-refractivity contribution in [3.05, 3.63) is 58.6 Å². The SMILES string of the molecule is Cc1cccc2c1NC1(CCN(S(=O)(=O)c3ccc(Cl)cc3)CC1)NC2=O. The lowest BCUT2D eigenvalue weighted by Crippen LogP contribution is -2.62. The Balaban J connectivity index is 1.55. The number of amides is 1. The predicted octanol–water partition coefficient (Wildman–Crippen LogP) is 2.98. The highest BCUT2D eigenvalue weighted by Gasteiger charge is 2.42. The number of fused-ring (bicyclic) bond motifs is 1. The van der Waals surface area contributed by atoms with Crippen LogP contribution in [0, 0.1) is 6.92 Å². The summed E-state index contributed by atoms with van der Waals surface area (Å²) in [4.78, 5) is 12.8. The van der Waals surface area contributed by atoms with E-state index in [0.717, 1.165) is 11.3 Å². The normalized spacial score (nSPS) is 19.3. The van der Waals surface area contributed by atoms with Crippen LogP contribution < -0.4 is 10.6 Å². The van der Waals surface area contributed by atoms with Crippen molar-refractivity contribution in [1.82, 2.24) is 9.62 Å². The van der Waals surface area contributed by atoms with E-state index in [4.69, 9.17) is 11.6 Å². The molecule has 1 amide bonds. The van der Waals surface area contributed by atoms with Gasteiger partial charge in [0.25, 0.3) is 5.91 Å². The fraction of sp³-hybridized carbons (Fsp3) is 0.316. The molecule has 0 bridgehead atoms. The van der Waals surface area contributed by atoms with Gasteiger partial charge < -0.3 is 10.6 Å². The van der Waals surface area contributed by atoms with Crippen molar-refractivity contribution in [1.29, 1.82) is 0 Å². The van der Waals surface area contributed by atoms with Crippen molar-refractivity contribution >= 4 is 33.2 Å². The maximum atomic E-state index is 12.9. The number of hydrogen-bond donors (Lipinski definition) is 2. The van der Waals surface area contributed by atoms with Gasteiger partial charge >= 0.3 is 0 Å². The molecule has 6 nitrogen and oxygen atoms in total. The maximum absolute atomic E-state index is 12.9. The summed E-state index contributed by atoms with van der Waals surface area (Å²) in [6, 6.07) is 11.8. The van der Waals surface area contributed by atoms with E-state index in [1.54, 1.807) is 18.2 Å². The van der Waals surface area contributed by atoms with E-state index in [1.807, 2.05) is 19.1 Å². The van der Waals surface area contributed by atoms with Crippen molar-refractivity contribution in [2.45, 2.75) is 30.3 Å². The van der Waals surface area contributed by atoms with Gasteiger partial charge in [-0.2, -0.15) is 4.31 Å². The van der Waals surface area contributed by atoms with Crippen LogP contribution in [0.25, 0.3) is 0 Å². The van der Waals surface area contributed by atoms with Gasteiger partial charge in [-0.15, -0.1) is 0 Å². The van der Waals surface area contributed by atoms with Gasteiger partial charge in [0.15, 0.2) is 0 Å². The lowest BCUT2D eigenvalue weighted by atomic mass is 9.92. The van der Waals surface area contributed by atoms with Gasteiger partial charge in [-0.25, -0.2) is 8.42 Å². The highest BCUT2D eigenvalue weighted by molar-refractivity contribution is 7.89. The number of para-hydroxylation sites is 1. The summed E-state index contributed by atoms with van der Waals surface area (Å²) in [5.74, 6) is -0.124. The van der Waals surface area contributed by atoms with E-state index in [-0.39, 0.29) is 10.8 Å². The molecule has 2 heterocycles. The lowest BCUT2D eigenvalue weighted by molar-refractivity contribution is 0.0865. The molecule has 2 aromatic carbocycles. The van der Waals surface area contributed by atoms with Gasteiger partial charge in [-0.05, 0) is 42.8 Å². The highest BCUT2D eigenvalue weighted by Crippen LogP contribution is 2.34. The number of rotatable bonds is 2. The van der Waals surface area contributed by atoms with Crippen LogP contribution in [-0.4, -0.2) is 37.4 Å². The monoisotopic (exact) mass is 405 g/mol. The average Bonchev–Trinajstić information content (AvgIpc) is 2.64. The molecular weight excluding hydrogens is 386 g/mol. The molecular formula is C19H20ClN3O3S. The number of hydrogen-bond acceptors (Lipinski definition) is 4. The van der Waals surface area contributed by atoms with Crippen LogP contribution in [0.4, 0.5) is 5.69 Å². The molecule has 2 aliphatic heterocycles. The molecule has 2 aliphatic rings. The largest absolute Gasteiger partial charge is 0.362 e. The Bertz CT molecular complexity index is 997. The summed E-state index contributed by atoms with van der Waals surface area (Å²) in [6.45, 7) is 2.59. The standard InChI is InChI=1S/C19H20ClN3O3S/c1-13-3-2-4-16-17(13)21-19(22-18(16)24)9-11-23(12-10-19)27(25,26)15-7-5-14(20)6-8-15/h2-8,21H,9-12H2,1H3,(H,22,24). The minimum atomic E-state index is -3.58. The van der Waals surface area contributed by atoms with Crippen LogP contribution in [0.2, 0.25) is 5.02 Å². The number of anilines is 1. The number of carbonyl (C=O) groups is 1. The molecule has 0 radical (unpaired) electrons. The summed E-state index contributed by atoms with van der Waals surface area (Å²) in [5.41, 5.74) is 1.83. The van der Waals surface area contributed by atoms with Gasteiger partial charge in [0.05, 0.1) is 16.1 Å². The second-order valence-corrected chi connectivity index (χ2v) is 9.39. The third kappa shape index (κ3) is 3.20. The first-order valence-electron chi connectivity index (χ1n) is 8.77. The minimum Gasteiger partial charge on any atom is -0.362 e. The molecule has 1 spiro atoms. The first-order valence-corrected chi connectivity index (χ1v) is 10.6. The Morgan fingerprint density at radius 2 is 1.70 bits per heavy atom. The van der Waals surface area contributed by atoms with E-state index < -0.39 is 15.7 Å².